The third kappa shape index (κ3) is 3.73. The molecule has 2 aromatic carbocycles. The maximum atomic E-state index is 13.3. The predicted molar refractivity (Wildman–Crippen MR) is 111 cm³/mol. The Morgan fingerprint density at radius 3 is 2.28 bits per heavy atom. The van der Waals surface area contributed by atoms with E-state index in [1.165, 1.54) is 24.3 Å². The van der Waals surface area contributed by atoms with Crippen molar-refractivity contribution in [3.8, 4) is 34.3 Å². The fraction of sp³-hybridized carbons (Fsp3) is 0.318. The molecule has 0 spiro atoms. The van der Waals surface area contributed by atoms with Gasteiger partial charge in [0.25, 0.3) is 0 Å². The number of fused-ring (bicyclic) bond motifs is 1. The summed E-state index contributed by atoms with van der Waals surface area (Å²) >= 11 is 0. The number of hydrogen-bond acceptors (Lipinski definition) is 10. The molecule has 1 unspecified atom stereocenters. The van der Waals surface area contributed by atoms with Crippen LogP contribution in [0.1, 0.15) is 13.3 Å². The monoisotopic (exact) mass is 446 g/mol. The van der Waals surface area contributed by atoms with Gasteiger partial charge in [-0.3, -0.25) is 4.79 Å². The van der Waals surface area contributed by atoms with E-state index in [0.29, 0.717) is 12.0 Å². The highest BCUT2D eigenvalue weighted by Gasteiger charge is 2.45. The Morgan fingerprint density at radius 1 is 0.938 bits per heavy atom. The molecule has 1 aliphatic heterocycles. The minimum Gasteiger partial charge on any atom is -0.508 e. The molecule has 0 radical (unpaired) electrons. The van der Waals surface area contributed by atoms with Crippen LogP contribution in [-0.4, -0.2) is 61.3 Å². The smallest absolute Gasteiger partial charge is 0.239 e. The molecule has 1 saturated heterocycles. The van der Waals surface area contributed by atoms with Gasteiger partial charge in [0.15, 0.2) is 5.76 Å². The van der Waals surface area contributed by atoms with E-state index in [2.05, 4.69) is 0 Å². The zero-order valence-corrected chi connectivity index (χ0v) is 16.9. The molecule has 3 aromatic rings. The van der Waals surface area contributed by atoms with Gasteiger partial charge < -0.3 is 44.5 Å². The second-order valence-electron chi connectivity index (χ2n) is 7.52. The van der Waals surface area contributed by atoms with Gasteiger partial charge in [-0.15, -0.1) is 0 Å². The molecular formula is C22H22O10. The largest absolute Gasteiger partial charge is 0.508 e. The van der Waals surface area contributed by atoms with Gasteiger partial charge in [-0.05, 0) is 30.7 Å². The van der Waals surface area contributed by atoms with Crippen LogP contribution >= 0.6 is 0 Å². The van der Waals surface area contributed by atoms with Crippen molar-refractivity contribution in [2.24, 2.45) is 0 Å². The summed E-state index contributed by atoms with van der Waals surface area (Å²) in [5.41, 5.74) is -0.649. The summed E-state index contributed by atoms with van der Waals surface area (Å²) in [6, 6.07) is 7.69. The zero-order chi connectivity index (χ0) is 23.2. The van der Waals surface area contributed by atoms with Gasteiger partial charge >= 0.3 is 0 Å². The van der Waals surface area contributed by atoms with Crippen LogP contribution in [0.25, 0.3) is 22.3 Å². The van der Waals surface area contributed by atoms with E-state index < -0.39 is 47.6 Å². The maximum Gasteiger partial charge on any atom is 0.239 e. The average molecular weight is 446 g/mol. The SMILES string of the molecule is CC[C@@H]1OC(Oc2c(-c3ccc(O)cc3)oc3cc(O)cc(O)c3c2=O)[C@H](O)[C@H](O)[C@H]1O. The molecule has 0 saturated carbocycles. The van der Waals surface area contributed by atoms with Crippen LogP contribution in [0.3, 0.4) is 0 Å². The number of benzene rings is 2. The zero-order valence-electron chi connectivity index (χ0n) is 16.9. The molecule has 1 aromatic heterocycles. The van der Waals surface area contributed by atoms with Crippen molar-refractivity contribution in [2.75, 3.05) is 0 Å². The predicted octanol–water partition coefficient (Wildman–Crippen LogP) is 1.17. The van der Waals surface area contributed by atoms with Crippen LogP contribution in [-0.2, 0) is 4.74 Å². The number of aliphatic hydroxyl groups excluding tert-OH is 3. The summed E-state index contributed by atoms with van der Waals surface area (Å²) in [4.78, 5) is 13.3. The second-order valence-corrected chi connectivity index (χ2v) is 7.52. The van der Waals surface area contributed by atoms with Gasteiger partial charge in [-0.25, -0.2) is 0 Å². The molecule has 2 heterocycles. The number of rotatable bonds is 4. The first-order valence-corrected chi connectivity index (χ1v) is 9.89. The average Bonchev–Trinajstić information content (AvgIpc) is 2.75. The molecule has 170 valence electrons. The Hall–Kier alpha value is -3.31. The van der Waals surface area contributed by atoms with Crippen LogP contribution in [0.5, 0.6) is 23.0 Å². The molecule has 0 bridgehead atoms. The van der Waals surface area contributed by atoms with Crippen molar-refractivity contribution < 1.29 is 44.5 Å². The summed E-state index contributed by atoms with van der Waals surface area (Å²) in [6.07, 6.45) is -6.74. The van der Waals surface area contributed by atoms with Crippen molar-refractivity contribution in [3.05, 3.63) is 46.6 Å². The number of phenols is 3. The Kier molecular flexibility index (Phi) is 5.70. The molecule has 0 amide bonds. The lowest BCUT2D eigenvalue weighted by Crippen LogP contribution is -2.59. The van der Waals surface area contributed by atoms with Gasteiger partial charge in [-0.1, -0.05) is 6.92 Å². The lowest BCUT2D eigenvalue weighted by Gasteiger charge is -2.39. The normalized spacial score (nSPS) is 25.7. The van der Waals surface area contributed by atoms with E-state index in [-0.39, 0.29) is 28.2 Å². The standard InChI is InChI=1S/C22H22O10/c1-2-13-16(26)18(28)19(29)22(31-13)32-21-17(27)15-12(25)7-11(24)8-14(15)30-20(21)9-3-5-10(23)6-4-9/h3-8,13,16,18-19,22-26,28-29H,2H2,1H3/t13-,16-,18+,19+,22?/m0/s1. The van der Waals surface area contributed by atoms with Gasteiger partial charge in [0, 0.05) is 17.7 Å². The fourth-order valence-electron chi connectivity index (χ4n) is 3.65. The molecular weight excluding hydrogens is 424 g/mol. The highest BCUT2D eigenvalue weighted by Crippen LogP contribution is 2.37. The second kappa shape index (κ2) is 8.32. The molecule has 6 N–H and O–H groups in total. The minimum absolute atomic E-state index is 0.0384. The molecule has 4 rings (SSSR count). The van der Waals surface area contributed by atoms with Crippen LogP contribution in [0, 0.1) is 0 Å². The molecule has 10 nitrogen and oxygen atoms in total. The van der Waals surface area contributed by atoms with Gasteiger partial charge in [0.05, 0.1) is 6.10 Å². The van der Waals surface area contributed by atoms with Crippen LogP contribution in [0.4, 0.5) is 0 Å². The number of ether oxygens (including phenoxy) is 2. The summed E-state index contributed by atoms with van der Waals surface area (Å²) in [5.74, 6) is -1.49. The van der Waals surface area contributed by atoms with Crippen molar-refractivity contribution in [1.29, 1.82) is 0 Å². The minimum atomic E-state index is -1.69. The number of aromatic hydroxyl groups is 3. The van der Waals surface area contributed by atoms with E-state index in [1.807, 2.05) is 0 Å². The van der Waals surface area contributed by atoms with Crippen molar-refractivity contribution >= 4 is 11.0 Å². The summed E-state index contributed by atoms with van der Waals surface area (Å²) in [7, 11) is 0. The third-order valence-electron chi connectivity index (χ3n) is 5.35. The topological polar surface area (TPSA) is 170 Å². The molecule has 10 heteroatoms. The number of hydrogen-bond donors (Lipinski definition) is 6. The van der Waals surface area contributed by atoms with Crippen LogP contribution in [0.15, 0.2) is 45.6 Å². The quantitative estimate of drug-likeness (QED) is 0.342. The van der Waals surface area contributed by atoms with Gasteiger partial charge in [-0.2, -0.15) is 0 Å². The third-order valence-corrected chi connectivity index (χ3v) is 5.35. The summed E-state index contributed by atoms with van der Waals surface area (Å²) in [5, 5.41) is 59.9. The number of aliphatic hydroxyl groups is 3. The molecule has 5 atom stereocenters. The summed E-state index contributed by atoms with van der Waals surface area (Å²) in [6.45, 7) is 1.70. The lowest BCUT2D eigenvalue weighted by molar-refractivity contribution is -0.272. The van der Waals surface area contributed by atoms with Crippen molar-refractivity contribution in [2.45, 2.75) is 44.1 Å². The van der Waals surface area contributed by atoms with E-state index in [0.717, 1.165) is 12.1 Å². The van der Waals surface area contributed by atoms with E-state index in [9.17, 15) is 35.4 Å². The highest BCUT2D eigenvalue weighted by molar-refractivity contribution is 5.88. The fourth-order valence-corrected chi connectivity index (χ4v) is 3.65. The Labute approximate surface area is 181 Å². The maximum absolute atomic E-state index is 13.3. The number of phenolic OH excluding ortho intramolecular Hbond substituents is 3. The highest BCUT2D eigenvalue weighted by atomic mass is 16.7. The van der Waals surface area contributed by atoms with E-state index in [1.54, 1.807) is 6.92 Å². The van der Waals surface area contributed by atoms with Gasteiger partial charge in [0.1, 0.15) is 46.5 Å². The Bertz CT molecular complexity index is 1180. The summed E-state index contributed by atoms with van der Waals surface area (Å²) < 4.78 is 17.0. The molecule has 0 aliphatic carbocycles. The van der Waals surface area contributed by atoms with Crippen molar-refractivity contribution in [1.82, 2.24) is 0 Å². The van der Waals surface area contributed by atoms with Gasteiger partial charge in [0.2, 0.25) is 17.5 Å². The Morgan fingerprint density at radius 2 is 1.62 bits per heavy atom. The van der Waals surface area contributed by atoms with Crippen LogP contribution in [0.2, 0.25) is 0 Å². The van der Waals surface area contributed by atoms with Crippen LogP contribution < -0.4 is 10.2 Å². The molecule has 32 heavy (non-hydrogen) atoms. The lowest BCUT2D eigenvalue weighted by atomic mass is 9.97. The molecule has 1 fully saturated rings. The van der Waals surface area contributed by atoms with Crippen molar-refractivity contribution in [3.63, 3.8) is 0 Å². The molecule has 1 aliphatic rings. The first-order valence-electron chi connectivity index (χ1n) is 9.89. The van der Waals surface area contributed by atoms with E-state index >= 15 is 0 Å². The Balaban J connectivity index is 1.89. The first-order chi connectivity index (χ1) is 15.2. The van der Waals surface area contributed by atoms with E-state index in [4.69, 9.17) is 13.9 Å². The first kappa shape index (κ1) is 21.9.